The molecule has 0 amide bonds. The summed E-state index contributed by atoms with van der Waals surface area (Å²) in [4.78, 5) is 10.3. The van der Waals surface area contributed by atoms with Crippen LogP contribution >= 0.6 is 11.6 Å². The van der Waals surface area contributed by atoms with Crippen LogP contribution in [0.4, 0.5) is 0 Å². The molecule has 0 saturated heterocycles. The van der Waals surface area contributed by atoms with Crippen LogP contribution in [-0.4, -0.2) is 22.2 Å². The molecule has 2 N–H and O–H groups in total. The summed E-state index contributed by atoms with van der Waals surface area (Å²) < 4.78 is 0. The van der Waals surface area contributed by atoms with Gasteiger partial charge in [-0.2, -0.15) is 5.10 Å². The van der Waals surface area contributed by atoms with Gasteiger partial charge in [0.1, 0.15) is 5.10 Å². The van der Waals surface area contributed by atoms with Crippen molar-refractivity contribution < 1.29 is 5.03 Å². The van der Waals surface area contributed by atoms with Gasteiger partial charge in [-0.3, -0.25) is 0 Å². The predicted molar refractivity (Wildman–Crippen MR) is 69.8 cm³/mol. The molecule has 8 heteroatoms. The zero-order valence-electron chi connectivity index (χ0n) is 9.65. The van der Waals surface area contributed by atoms with Crippen molar-refractivity contribution >= 4 is 23.8 Å². The highest BCUT2D eigenvalue weighted by atomic mass is 35.5. The minimum absolute atomic E-state index is 0.269. The summed E-state index contributed by atoms with van der Waals surface area (Å²) in [5.74, 6) is -0.284. The molecule has 0 aromatic heterocycles. The average Bonchev–Trinajstić information content (AvgIpc) is 2.30. The molecule has 7 nitrogen and oxygen atoms in total. The molecule has 0 saturated carbocycles. The van der Waals surface area contributed by atoms with Crippen molar-refractivity contribution in [3.63, 3.8) is 0 Å². The van der Waals surface area contributed by atoms with E-state index in [1.54, 1.807) is 31.2 Å². The van der Waals surface area contributed by atoms with Gasteiger partial charge in [-0.15, -0.1) is 0 Å². The monoisotopic (exact) mass is 269 g/mol. The van der Waals surface area contributed by atoms with E-state index in [0.29, 0.717) is 5.02 Å². The van der Waals surface area contributed by atoms with Crippen LogP contribution in [-0.2, 0) is 6.54 Å². The van der Waals surface area contributed by atoms with Gasteiger partial charge in [0.15, 0.2) is 5.03 Å². The number of hydrogen-bond acceptors (Lipinski definition) is 3. The molecule has 1 aromatic rings. The van der Waals surface area contributed by atoms with E-state index < -0.39 is 5.03 Å². The zero-order chi connectivity index (χ0) is 13.5. The molecule has 1 rings (SSSR count). The molecule has 0 aliphatic carbocycles. The van der Waals surface area contributed by atoms with Gasteiger partial charge >= 0.3 is 0 Å². The van der Waals surface area contributed by atoms with Crippen LogP contribution in [0.5, 0.6) is 0 Å². The summed E-state index contributed by atoms with van der Waals surface area (Å²) in [7, 11) is 0. The highest BCUT2D eigenvalue weighted by Gasteiger charge is 2.10. The fourth-order valence-corrected chi connectivity index (χ4v) is 1.34. The number of nitrogens with two attached hydrogens (primary N) is 1. The van der Waals surface area contributed by atoms with Crippen molar-refractivity contribution in [1.29, 1.82) is 0 Å². The maximum atomic E-state index is 10.3. The Morgan fingerprint density at radius 2 is 2.17 bits per heavy atom. The summed E-state index contributed by atoms with van der Waals surface area (Å²) in [5, 5.41) is 18.2. The normalized spacial score (nSPS) is 11.8. The average molecular weight is 270 g/mol. The molecule has 18 heavy (non-hydrogen) atoms. The number of rotatable bonds is 4. The summed E-state index contributed by atoms with van der Waals surface area (Å²) >= 11 is 5.76. The Morgan fingerprint density at radius 1 is 1.56 bits per heavy atom. The summed E-state index contributed by atoms with van der Waals surface area (Å²) in [6.45, 7) is 1.94. The lowest BCUT2D eigenvalue weighted by atomic mass is 10.2. The van der Waals surface area contributed by atoms with Gasteiger partial charge in [0, 0.05) is 11.2 Å². The molecular weight excluding hydrogens is 258 g/mol. The molecule has 0 heterocycles. The number of hydrazone groups is 2. The van der Waals surface area contributed by atoms with Crippen LogP contribution in [0, 0.1) is 10.1 Å². The predicted octanol–water partition coefficient (Wildman–Crippen LogP) is 1.65. The third kappa shape index (κ3) is 4.38. The van der Waals surface area contributed by atoms with Crippen molar-refractivity contribution in [2.24, 2.45) is 15.9 Å². The second kappa shape index (κ2) is 6.55. The molecule has 0 unspecified atom stereocenters. The molecule has 0 atom stereocenters. The van der Waals surface area contributed by atoms with Gasteiger partial charge in [-0.1, -0.05) is 23.7 Å². The van der Waals surface area contributed by atoms with Gasteiger partial charge in [0.2, 0.25) is 0 Å². The second-order valence-electron chi connectivity index (χ2n) is 3.25. The fourth-order valence-electron chi connectivity index (χ4n) is 1.22. The van der Waals surface area contributed by atoms with E-state index in [1.165, 1.54) is 11.2 Å². The number of guanidine groups is 1. The Bertz CT molecular complexity index is 472. The van der Waals surface area contributed by atoms with Gasteiger partial charge in [0.25, 0.3) is 5.96 Å². The largest absolute Gasteiger partial charge is 0.363 e. The Morgan fingerprint density at radius 3 is 2.67 bits per heavy atom. The maximum Gasteiger partial charge on any atom is 0.289 e. The minimum Gasteiger partial charge on any atom is -0.363 e. The number of benzene rings is 1. The molecule has 0 fully saturated rings. The lowest BCUT2D eigenvalue weighted by molar-refractivity contribution is -0.485. The van der Waals surface area contributed by atoms with Crippen LogP contribution in [0.25, 0.3) is 0 Å². The summed E-state index contributed by atoms with van der Waals surface area (Å²) in [5.41, 5.74) is 6.33. The first-order valence-electron chi connectivity index (χ1n) is 5.02. The fraction of sp³-hybridized carbons (Fsp3) is 0.200. The molecule has 0 aliphatic rings. The number of nitrogens with zero attached hydrogens (tertiary/aromatic N) is 4. The van der Waals surface area contributed by atoms with Crippen LogP contribution in [0.1, 0.15) is 12.5 Å². The molecule has 0 radical (unpaired) electrons. The number of hydrogen-bond donors (Lipinski definition) is 1. The third-order valence-corrected chi connectivity index (χ3v) is 2.20. The Labute approximate surface area is 109 Å². The van der Waals surface area contributed by atoms with E-state index in [-0.39, 0.29) is 12.5 Å². The molecule has 96 valence electrons. The van der Waals surface area contributed by atoms with Crippen molar-refractivity contribution in [3.05, 3.63) is 45.0 Å². The van der Waals surface area contributed by atoms with Crippen LogP contribution in [0.15, 0.2) is 34.5 Å². The molecule has 0 bridgehead atoms. The van der Waals surface area contributed by atoms with E-state index in [9.17, 15) is 10.1 Å². The van der Waals surface area contributed by atoms with E-state index in [1.807, 2.05) is 0 Å². The summed E-state index contributed by atoms with van der Waals surface area (Å²) in [6.07, 6.45) is 1.47. The van der Waals surface area contributed by atoms with Gasteiger partial charge in [-0.05, 0) is 24.6 Å². The van der Waals surface area contributed by atoms with E-state index in [0.717, 1.165) is 5.56 Å². The van der Waals surface area contributed by atoms with Gasteiger partial charge in [0.05, 0.1) is 6.54 Å². The van der Waals surface area contributed by atoms with E-state index in [4.69, 9.17) is 17.3 Å². The van der Waals surface area contributed by atoms with Gasteiger partial charge in [-0.25, -0.2) is 15.1 Å². The highest BCUT2D eigenvalue weighted by Crippen LogP contribution is 2.11. The number of halogens is 1. The Balaban J connectivity index is 2.87. The third-order valence-electron chi connectivity index (χ3n) is 1.95. The maximum absolute atomic E-state index is 10.3. The zero-order valence-corrected chi connectivity index (χ0v) is 10.4. The lowest BCUT2D eigenvalue weighted by Gasteiger charge is -2.15. The highest BCUT2D eigenvalue weighted by molar-refractivity contribution is 6.30. The lowest BCUT2D eigenvalue weighted by Crippen LogP contribution is -2.33. The SMILES string of the molecule is C/C=N/N(Cc1ccc(Cl)cc1)/C(N)=N\[N+](=O)[O-]. The second-order valence-corrected chi connectivity index (χ2v) is 3.69. The Hall–Kier alpha value is -2.15. The first kappa shape index (κ1) is 13.9. The molecule has 1 aromatic carbocycles. The first-order chi connectivity index (χ1) is 8.52. The quantitative estimate of drug-likeness (QED) is 0.389. The van der Waals surface area contributed by atoms with Crippen LogP contribution in [0.3, 0.4) is 0 Å². The van der Waals surface area contributed by atoms with Crippen molar-refractivity contribution in [2.75, 3.05) is 0 Å². The van der Waals surface area contributed by atoms with E-state index >= 15 is 0 Å². The van der Waals surface area contributed by atoms with Crippen LogP contribution in [0.2, 0.25) is 5.02 Å². The Kier molecular flexibility index (Phi) is 5.06. The van der Waals surface area contributed by atoms with E-state index in [2.05, 4.69) is 10.2 Å². The van der Waals surface area contributed by atoms with Crippen molar-refractivity contribution in [3.8, 4) is 0 Å². The molecule has 0 aliphatic heterocycles. The van der Waals surface area contributed by atoms with Crippen LogP contribution < -0.4 is 5.73 Å². The summed E-state index contributed by atoms with van der Waals surface area (Å²) in [6, 6.07) is 6.98. The van der Waals surface area contributed by atoms with Crippen molar-refractivity contribution in [1.82, 2.24) is 5.01 Å². The van der Waals surface area contributed by atoms with Crippen molar-refractivity contribution in [2.45, 2.75) is 13.5 Å². The first-order valence-corrected chi connectivity index (χ1v) is 5.39. The molecule has 0 spiro atoms. The smallest absolute Gasteiger partial charge is 0.289 e. The standard InChI is InChI=1S/C10H12ClN5O2/c1-2-13-15(10(12)14-16(17)18)7-8-3-5-9(11)6-4-8/h2-6H,7H2,1H3,(H2,12,14)/b13-2+. The number of nitro groups is 1. The van der Waals surface area contributed by atoms with Gasteiger partial charge < -0.3 is 5.73 Å². The molecular formula is C10H12ClN5O2. The topological polar surface area (TPSA) is 97.1 Å². The minimum atomic E-state index is -0.866.